The highest BCUT2D eigenvalue weighted by molar-refractivity contribution is 5.84. The highest BCUT2D eigenvalue weighted by Crippen LogP contribution is 2.29. The third kappa shape index (κ3) is 4.85. The zero-order chi connectivity index (χ0) is 19.2. The van der Waals surface area contributed by atoms with Crippen LogP contribution in [0.25, 0.3) is 0 Å². The summed E-state index contributed by atoms with van der Waals surface area (Å²) in [5, 5.41) is 3.88. The van der Waals surface area contributed by atoms with Crippen molar-refractivity contribution in [1.29, 1.82) is 0 Å². The van der Waals surface area contributed by atoms with Crippen molar-refractivity contribution >= 4 is 12.1 Å². The van der Waals surface area contributed by atoms with Gasteiger partial charge in [0, 0.05) is 37.8 Å². The second kappa shape index (κ2) is 8.98. The van der Waals surface area contributed by atoms with Gasteiger partial charge in [-0.3, -0.25) is 4.79 Å². The van der Waals surface area contributed by atoms with Crippen LogP contribution in [-0.2, 0) is 14.4 Å². The van der Waals surface area contributed by atoms with Gasteiger partial charge in [0.2, 0.25) is 6.10 Å². The molecule has 3 rings (SSSR count). The fourth-order valence-corrected chi connectivity index (χ4v) is 3.25. The number of hydrogen-bond acceptors (Lipinski definition) is 6. The van der Waals surface area contributed by atoms with Crippen molar-refractivity contribution in [3.8, 4) is 11.5 Å². The van der Waals surface area contributed by atoms with E-state index in [0.717, 1.165) is 12.8 Å². The Balaban J connectivity index is 1.56. The highest BCUT2D eigenvalue weighted by Gasteiger charge is 2.38. The van der Waals surface area contributed by atoms with E-state index in [1.807, 2.05) is 4.90 Å². The molecule has 0 spiro atoms. The average Bonchev–Trinajstić information content (AvgIpc) is 3.04. The standard InChI is InChI=1S/C18H22F2N2O5/c1-24-16-10-12(2-3-14(16)26-18(19)20)11-21-27-15-4-7-22(17(15)23)13-5-8-25-9-6-13/h2-3,10-11,13,15,18H,4-9H2,1H3/t15-/m0/s1. The first-order valence-electron chi connectivity index (χ1n) is 8.78. The number of alkyl halides is 2. The lowest BCUT2D eigenvalue weighted by Gasteiger charge is -2.30. The van der Waals surface area contributed by atoms with Crippen LogP contribution in [0.5, 0.6) is 11.5 Å². The molecule has 2 fully saturated rings. The molecule has 0 aliphatic carbocycles. The first-order valence-corrected chi connectivity index (χ1v) is 8.78. The molecule has 9 heteroatoms. The fourth-order valence-electron chi connectivity index (χ4n) is 3.25. The molecule has 2 saturated heterocycles. The predicted octanol–water partition coefficient (Wildman–Crippen LogP) is 2.43. The highest BCUT2D eigenvalue weighted by atomic mass is 19.3. The van der Waals surface area contributed by atoms with Gasteiger partial charge in [-0.2, -0.15) is 8.78 Å². The van der Waals surface area contributed by atoms with Gasteiger partial charge in [0.15, 0.2) is 11.5 Å². The Kier molecular flexibility index (Phi) is 6.44. The molecular formula is C18H22F2N2O5. The Bertz CT molecular complexity index is 680. The zero-order valence-corrected chi connectivity index (χ0v) is 15.0. The molecule has 1 aromatic carbocycles. The molecule has 27 heavy (non-hydrogen) atoms. The van der Waals surface area contributed by atoms with Crippen LogP contribution in [0.2, 0.25) is 0 Å². The minimum absolute atomic E-state index is 0.0580. The number of methoxy groups -OCH3 is 1. The van der Waals surface area contributed by atoms with Gasteiger partial charge < -0.3 is 23.9 Å². The molecule has 0 unspecified atom stereocenters. The van der Waals surface area contributed by atoms with E-state index in [0.29, 0.717) is 31.7 Å². The van der Waals surface area contributed by atoms with Gasteiger partial charge in [-0.25, -0.2) is 0 Å². The van der Waals surface area contributed by atoms with Crippen LogP contribution in [0, 0.1) is 0 Å². The number of oxime groups is 1. The summed E-state index contributed by atoms with van der Waals surface area (Å²) in [4.78, 5) is 19.7. The molecular weight excluding hydrogens is 362 g/mol. The summed E-state index contributed by atoms with van der Waals surface area (Å²) < 4.78 is 39.4. The van der Waals surface area contributed by atoms with Crippen molar-refractivity contribution in [2.75, 3.05) is 26.9 Å². The molecule has 7 nitrogen and oxygen atoms in total. The van der Waals surface area contributed by atoms with Gasteiger partial charge in [0.1, 0.15) is 0 Å². The molecule has 1 atom stereocenters. The Labute approximate surface area is 155 Å². The predicted molar refractivity (Wildman–Crippen MR) is 92.3 cm³/mol. The molecule has 0 bridgehead atoms. The van der Waals surface area contributed by atoms with Crippen molar-refractivity contribution in [3.05, 3.63) is 23.8 Å². The van der Waals surface area contributed by atoms with Crippen LogP contribution in [0.1, 0.15) is 24.8 Å². The Hall–Kier alpha value is -2.42. The monoisotopic (exact) mass is 384 g/mol. The number of halogens is 2. The average molecular weight is 384 g/mol. The van der Waals surface area contributed by atoms with Gasteiger partial charge in [-0.15, -0.1) is 0 Å². The van der Waals surface area contributed by atoms with Gasteiger partial charge >= 0.3 is 6.61 Å². The van der Waals surface area contributed by atoms with E-state index < -0.39 is 12.7 Å². The van der Waals surface area contributed by atoms with E-state index in [4.69, 9.17) is 14.3 Å². The number of carbonyl (C=O) groups is 1. The van der Waals surface area contributed by atoms with Gasteiger partial charge in [-0.1, -0.05) is 5.16 Å². The van der Waals surface area contributed by atoms with Crippen molar-refractivity contribution in [3.63, 3.8) is 0 Å². The summed E-state index contributed by atoms with van der Waals surface area (Å²) in [6.07, 6.45) is 3.06. The van der Waals surface area contributed by atoms with Crippen molar-refractivity contribution in [1.82, 2.24) is 4.90 Å². The van der Waals surface area contributed by atoms with Crippen molar-refractivity contribution in [2.45, 2.75) is 38.0 Å². The van der Waals surface area contributed by atoms with Crippen LogP contribution in [0.3, 0.4) is 0 Å². The second-order valence-corrected chi connectivity index (χ2v) is 6.28. The maximum atomic E-state index is 12.5. The molecule has 0 saturated carbocycles. The molecule has 2 aliphatic rings. The normalized spacial score (nSPS) is 21.3. The van der Waals surface area contributed by atoms with E-state index in [1.165, 1.54) is 31.5 Å². The zero-order valence-electron chi connectivity index (χ0n) is 15.0. The molecule has 0 radical (unpaired) electrons. The summed E-state index contributed by atoms with van der Waals surface area (Å²) in [6, 6.07) is 4.60. The maximum Gasteiger partial charge on any atom is 0.387 e. The molecule has 1 aromatic rings. The number of hydrogen-bond donors (Lipinski definition) is 0. The molecule has 148 valence electrons. The number of carbonyl (C=O) groups excluding carboxylic acids is 1. The summed E-state index contributed by atoms with van der Waals surface area (Å²) >= 11 is 0. The van der Waals surface area contributed by atoms with Crippen LogP contribution in [-0.4, -0.2) is 62.6 Å². The Morgan fingerprint density at radius 2 is 2.04 bits per heavy atom. The third-order valence-corrected chi connectivity index (χ3v) is 4.62. The van der Waals surface area contributed by atoms with Crippen LogP contribution in [0.4, 0.5) is 8.78 Å². The maximum absolute atomic E-state index is 12.5. The summed E-state index contributed by atoms with van der Waals surface area (Å²) in [6.45, 7) is -0.943. The van der Waals surface area contributed by atoms with E-state index in [1.54, 1.807) is 0 Å². The van der Waals surface area contributed by atoms with Crippen LogP contribution >= 0.6 is 0 Å². The van der Waals surface area contributed by atoms with Crippen molar-refractivity contribution < 1.29 is 32.6 Å². The largest absolute Gasteiger partial charge is 0.493 e. The van der Waals surface area contributed by atoms with E-state index in [2.05, 4.69) is 9.89 Å². The van der Waals surface area contributed by atoms with Crippen molar-refractivity contribution in [2.24, 2.45) is 5.16 Å². The molecule has 0 N–H and O–H groups in total. The summed E-state index contributed by atoms with van der Waals surface area (Å²) in [5.74, 6) is 0.0304. The first-order chi connectivity index (χ1) is 13.1. The minimum atomic E-state index is -2.94. The number of likely N-dealkylation sites (tertiary alicyclic amines) is 1. The van der Waals surface area contributed by atoms with E-state index >= 15 is 0 Å². The second-order valence-electron chi connectivity index (χ2n) is 6.28. The molecule has 2 heterocycles. The molecule has 2 aliphatic heterocycles. The smallest absolute Gasteiger partial charge is 0.387 e. The summed E-state index contributed by atoms with van der Waals surface area (Å²) in [5.41, 5.74) is 0.570. The molecule has 0 aromatic heterocycles. The number of ether oxygens (including phenoxy) is 3. The van der Waals surface area contributed by atoms with Crippen LogP contribution < -0.4 is 9.47 Å². The topological polar surface area (TPSA) is 69.6 Å². The quantitative estimate of drug-likeness (QED) is 0.534. The minimum Gasteiger partial charge on any atom is -0.493 e. The lowest BCUT2D eigenvalue weighted by molar-refractivity contribution is -0.140. The summed E-state index contributed by atoms with van der Waals surface area (Å²) in [7, 11) is 1.35. The Morgan fingerprint density at radius 1 is 1.26 bits per heavy atom. The number of benzene rings is 1. The lowest BCUT2D eigenvalue weighted by Crippen LogP contribution is -2.42. The van der Waals surface area contributed by atoms with E-state index in [9.17, 15) is 13.6 Å². The third-order valence-electron chi connectivity index (χ3n) is 4.62. The van der Waals surface area contributed by atoms with Gasteiger partial charge in [0.05, 0.1) is 13.3 Å². The number of nitrogens with zero attached hydrogens (tertiary/aromatic N) is 2. The number of amides is 1. The van der Waals surface area contributed by atoms with E-state index in [-0.39, 0.29) is 23.4 Å². The SMILES string of the molecule is COc1cc(C=NO[C@H]2CCN(C3CCOCC3)C2=O)ccc1OC(F)F. The van der Waals surface area contributed by atoms with Crippen LogP contribution in [0.15, 0.2) is 23.4 Å². The fraction of sp³-hybridized carbons (Fsp3) is 0.556. The van der Waals surface area contributed by atoms with Gasteiger partial charge in [0.25, 0.3) is 5.91 Å². The number of rotatable bonds is 7. The van der Waals surface area contributed by atoms with Gasteiger partial charge in [-0.05, 0) is 31.0 Å². The Morgan fingerprint density at radius 3 is 2.74 bits per heavy atom. The molecule has 1 amide bonds. The lowest BCUT2D eigenvalue weighted by atomic mass is 10.1. The first kappa shape index (κ1) is 19.3.